The minimum Gasteiger partial charge on any atom is -0.490 e. The maximum absolute atomic E-state index is 5.61. The summed E-state index contributed by atoms with van der Waals surface area (Å²) in [6, 6.07) is 7.75. The van der Waals surface area contributed by atoms with E-state index in [2.05, 4.69) is 6.92 Å². The molecular formula is C12H16O3. The van der Waals surface area contributed by atoms with Gasteiger partial charge in [-0.2, -0.15) is 0 Å². The zero-order valence-electron chi connectivity index (χ0n) is 8.94. The van der Waals surface area contributed by atoms with E-state index in [-0.39, 0.29) is 6.10 Å². The van der Waals surface area contributed by atoms with Crippen LogP contribution in [0.15, 0.2) is 24.3 Å². The summed E-state index contributed by atoms with van der Waals surface area (Å²) in [6.45, 7) is 4.24. The van der Waals surface area contributed by atoms with E-state index < -0.39 is 0 Å². The molecule has 0 radical (unpaired) electrons. The third kappa shape index (κ3) is 3.13. The standard InChI is InChI=1S/C12H16O3/c1-2-7-13-11-5-3-4-6-12(11)15-9-10-8-14-10/h3-6,10H,2,7-9H2,1H3. The summed E-state index contributed by atoms with van der Waals surface area (Å²) in [5.41, 5.74) is 0. The van der Waals surface area contributed by atoms with Crippen molar-refractivity contribution >= 4 is 0 Å². The summed E-state index contributed by atoms with van der Waals surface area (Å²) >= 11 is 0. The van der Waals surface area contributed by atoms with Crippen molar-refractivity contribution < 1.29 is 14.2 Å². The Kier molecular flexibility index (Phi) is 3.45. The van der Waals surface area contributed by atoms with Gasteiger partial charge < -0.3 is 14.2 Å². The third-order valence-electron chi connectivity index (χ3n) is 2.14. The number of epoxide rings is 1. The molecule has 1 aromatic carbocycles. The summed E-state index contributed by atoms with van der Waals surface area (Å²) in [7, 11) is 0. The minimum atomic E-state index is 0.282. The van der Waals surface area contributed by atoms with E-state index in [4.69, 9.17) is 14.2 Å². The van der Waals surface area contributed by atoms with E-state index in [1.807, 2.05) is 24.3 Å². The number of hydrogen-bond acceptors (Lipinski definition) is 3. The molecule has 0 spiro atoms. The Balaban J connectivity index is 1.93. The fourth-order valence-electron chi connectivity index (χ4n) is 1.25. The predicted molar refractivity (Wildman–Crippen MR) is 57.5 cm³/mol. The SMILES string of the molecule is CCCOc1ccccc1OCC1CO1. The first kappa shape index (κ1) is 10.3. The monoisotopic (exact) mass is 208 g/mol. The number of benzene rings is 1. The maximum Gasteiger partial charge on any atom is 0.161 e. The molecule has 0 amide bonds. The molecule has 1 saturated heterocycles. The summed E-state index contributed by atoms with van der Waals surface area (Å²) in [5.74, 6) is 1.63. The Morgan fingerprint density at radius 1 is 1.27 bits per heavy atom. The Labute approximate surface area is 90.0 Å². The van der Waals surface area contributed by atoms with Crippen molar-refractivity contribution in [3.63, 3.8) is 0 Å². The Bertz CT molecular complexity index is 307. The molecule has 2 rings (SSSR count). The molecule has 15 heavy (non-hydrogen) atoms. The average Bonchev–Trinajstić information content (AvgIpc) is 3.08. The van der Waals surface area contributed by atoms with Crippen molar-refractivity contribution in [1.82, 2.24) is 0 Å². The van der Waals surface area contributed by atoms with Gasteiger partial charge in [-0.3, -0.25) is 0 Å². The zero-order chi connectivity index (χ0) is 10.5. The van der Waals surface area contributed by atoms with E-state index in [0.29, 0.717) is 6.61 Å². The molecule has 1 atom stereocenters. The van der Waals surface area contributed by atoms with Gasteiger partial charge in [0.2, 0.25) is 0 Å². The van der Waals surface area contributed by atoms with Gasteiger partial charge in [0.1, 0.15) is 12.7 Å². The number of ether oxygens (including phenoxy) is 3. The quantitative estimate of drug-likeness (QED) is 0.672. The van der Waals surface area contributed by atoms with Gasteiger partial charge in [0, 0.05) is 0 Å². The van der Waals surface area contributed by atoms with Crippen LogP contribution in [0.3, 0.4) is 0 Å². The molecule has 3 nitrogen and oxygen atoms in total. The fourth-order valence-corrected chi connectivity index (χ4v) is 1.25. The van der Waals surface area contributed by atoms with Crippen molar-refractivity contribution in [2.45, 2.75) is 19.4 Å². The first-order chi connectivity index (χ1) is 7.40. The number of para-hydroxylation sites is 2. The number of hydrogen-bond donors (Lipinski definition) is 0. The van der Waals surface area contributed by atoms with E-state index >= 15 is 0 Å². The molecule has 1 aliphatic rings. The molecule has 82 valence electrons. The average molecular weight is 208 g/mol. The van der Waals surface area contributed by atoms with Gasteiger partial charge in [-0.15, -0.1) is 0 Å². The van der Waals surface area contributed by atoms with Crippen LogP contribution in [-0.4, -0.2) is 25.9 Å². The van der Waals surface area contributed by atoms with Gasteiger partial charge in [0.05, 0.1) is 13.2 Å². The van der Waals surface area contributed by atoms with Crippen LogP contribution in [0.1, 0.15) is 13.3 Å². The summed E-state index contributed by atoms with van der Waals surface area (Å²) in [4.78, 5) is 0. The second-order valence-electron chi connectivity index (χ2n) is 3.56. The van der Waals surface area contributed by atoms with Crippen molar-refractivity contribution in [3.8, 4) is 11.5 Å². The lowest BCUT2D eigenvalue weighted by molar-refractivity contribution is 0.241. The van der Waals surface area contributed by atoms with Crippen LogP contribution in [0, 0.1) is 0 Å². The van der Waals surface area contributed by atoms with Crippen molar-refractivity contribution in [3.05, 3.63) is 24.3 Å². The Morgan fingerprint density at radius 3 is 2.53 bits per heavy atom. The molecule has 0 saturated carbocycles. The van der Waals surface area contributed by atoms with E-state index in [1.54, 1.807) is 0 Å². The van der Waals surface area contributed by atoms with Crippen LogP contribution in [-0.2, 0) is 4.74 Å². The molecule has 1 fully saturated rings. The zero-order valence-corrected chi connectivity index (χ0v) is 8.94. The van der Waals surface area contributed by atoms with Gasteiger partial charge in [-0.1, -0.05) is 19.1 Å². The fraction of sp³-hybridized carbons (Fsp3) is 0.500. The van der Waals surface area contributed by atoms with Crippen molar-refractivity contribution in [2.75, 3.05) is 19.8 Å². The van der Waals surface area contributed by atoms with Crippen LogP contribution in [0.5, 0.6) is 11.5 Å². The van der Waals surface area contributed by atoms with E-state index in [0.717, 1.165) is 31.1 Å². The molecule has 1 aromatic rings. The number of rotatable bonds is 6. The van der Waals surface area contributed by atoms with Crippen LogP contribution in [0.2, 0.25) is 0 Å². The highest BCUT2D eigenvalue weighted by Gasteiger charge is 2.23. The molecule has 1 aliphatic heterocycles. The van der Waals surface area contributed by atoms with Crippen LogP contribution < -0.4 is 9.47 Å². The minimum absolute atomic E-state index is 0.282. The maximum atomic E-state index is 5.61. The molecule has 0 aromatic heterocycles. The van der Waals surface area contributed by atoms with Gasteiger partial charge in [0.15, 0.2) is 11.5 Å². The lowest BCUT2D eigenvalue weighted by Crippen LogP contribution is -2.06. The van der Waals surface area contributed by atoms with Gasteiger partial charge in [-0.25, -0.2) is 0 Å². The molecule has 3 heteroatoms. The molecule has 0 aliphatic carbocycles. The first-order valence-electron chi connectivity index (χ1n) is 5.36. The van der Waals surface area contributed by atoms with E-state index in [1.165, 1.54) is 0 Å². The van der Waals surface area contributed by atoms with Crippen LogP contribution in [0.4, 0.5) is 0 Å². The van der Waals surface area contributed by atoms with Gasteiger partial charge in [-0.05, 0) is 18.6 Å². The first-order valence-corrected chi connectivity index (χ1v) is 5.36. The van der Waals surface area contributed by atoms with Crippen LogP contribution in [0.25, 0.3) is 0 Å². The molecular weight excluding hydrogens is 192 g/mol. The molecule has 1 unspecified atom stereocenters. The Hall–Kier alpha value is -1.22. The Morgan fingerprint density at radius 2 is 1.93 bits per heavy atom. The highest BCUT2D eigenvalue weighted by Crippen LogP contribution is 2.27. The second-order valence-corrected chi connectivity index (χ2v) is 3.56. The second kappa shape index (κ2) is 5.03. The van der Waals surface area contributed by atoms with Crippen LogP contribution >= 0.6 is 0 Å². The van der Waals surface area contributed by atoms with Gasteiger partial charge in [0.25, 0.3) is 0 Å². The van der Waals surface area contributed by atoms with Crippen molar-refractivity contribution in [2.24, 2.45) is 0 Å². The van der Waals surface area contributed by atoms with E-state index in [9.17, 15) is 0 Å². The summed E-state index contributed by atoms with van der Waals surface area (Å²) < 4.78 is 16.3. The highest BCUT2D eigenvalue weighted by molar-refractivity contribution is 5.39. The molecule has 1 heterocycles. The summed E-state index contributed by atoms with van der Waals surface area (Å²) in [6.07, 6.45) is 1.28. The van der Waals surface area contributed by atoms with Crippen molar-refractivity contribution in [1.29, 1.82) is 0 Å². The lowest BCUT2D eigenvalue weighted by atomic mass is 10.3. The summed E-state index contributed by atoms with van der Waals surface area (Å²) in [5, 5.41) is 0. The normalized spacial score (nSPS) is 18.6. The molecule has 0 bridgehead atoms. The highest BCUT2D eigenvalue weighted by atomic mass is 16.6. The smallest absolute Gasteiger partial charge is 0.161 e. The third-order valence-corrected chi connectivity index (χ3v) is 2.14. The molecule has 0 N–H and O–H groups in total. The topological polar surface area (TPSA) is 31.0 Å². The lowest BCUT2D eigenvalue weighted by Gasteiger charge is -2.10. The predicted octanol–water partition coefficient (Wildman–Crippen LogP) is 2.25. The largest absolute Gasteiger partial charge is 0.490 e. The van der Waals surface area contributed by atoms with Gasteiger partial charge >= 0.3 is 0 Å².